The molecule has 0 saturated heterocycles. The van der Waals surface area contributed by atoms with Gasteiger partial charge in [-0.1, -0.05) is 53.5 Å². The molecule has 0 saturated carbocycles. The highest BCUT2D eigenvalue weighted by Gasteiger charge is 2.18. The highest BCUT2D eigenvalue weighted by molar-refractivity contribution is 6.36. The maximum absolute atomic E-state index is 12.7. The number of hydrogen-bond acceptors (Lipinski definition) is 5. The molecule has 4 aromatic rings. The van der Waals surface area contributed by atoms with Crippen LogP contribution < -0.4 is 15.7 Å². The van der Waals surface area contributed by atoms with Crippen molar-refractivity contribution in [1.82, 2.24) is 5.32 Å². The molecule has 0 aliphatic carbocycles. The molecule has 0 radical (unpaired) electrons. The second-order valence-electron chi connectivity index (χ2n) is 7.27. The first-order chi connectivity index (χ1) is 15.8. The van der Waals surface area contributed by atoms with Crippen LogP contribution in [-0.2, 0) is 0 Å². The van der Waals surface area contributed by atoms with Gasteiger partial charge in [-0.25, -0.2) is 9.59 Å². The van der Waals surface area contributed by atoms with Crippen LogP contribution in [0.3, 0.4) is 0 Å². The number of esters is 1. The summed E-state index contributed by atoms with van der Waals surface area (Å²) >= 11 is 11.9. The Morgan fingerprint density at radius 3 is 2.42 bits per heavy atom. The molecule has 0 bridgehead atoms. The SMILES string of the molecule is CC(NC(=O)c1cc2ccc(OC(=O)c3ccc(Cl)cc3Cl)cc2oc1=O)c1ccccc1. The Morgan fingerprint density at radius 1 is 0.939 bits per heavy atom. The maximum atomic E-state index is 12.7. The molecule has 1 amide bonds. The summed E-state index contributed by atoms with van der Waals surface area (Å²) < 4.78 is 10.7. The van der Waals surface area contributed by atoms with Crippen LogP contribution in [0.1, 0.15) is 39.2 Å². The van der Waals surface area contributed by atoms with E-state index in [1.807, 2.05) is 37.3 Å². The van der Waals surface area contributed by atoms with E-state index in [1.165, 1.54) is 36.4 Å². The average molecular weight is 482 g/mol. The lowest BCUT2D eigenvalue weighted by molar-refractivity contribution is 0.0735. The van der Waals surface area contributed by atoms with Gasteiger partial charge in [0.2, 0.25) is 0 Å². The normalized spacial score (nSPS) is 11.7. The van der Waals surface area contributed by atoms with Crippen LogP contribution >= 0.6 is 23.2 Å². The minimum atomic E-state index is -0.801. The number of carbonyl (C=O) groups is 2. The quantitative estimate of drug-likeness (QED) is 0.221. The average Bonchev–Trinajstić information content (AvgIpc) is 2.79. The van der Waals surface area contributed by atoms with Crippen LogP contribution in [0.15, 0.2) is 82.0 Å². The van der Waals surface area contributed by atoms with Gasteiger partial charge in [-0.3, -0.25) is 4.79 Å². The van der Waals surface area contributed by atoms with Crippen molar-refractivity contribution in [1.29, 1.82) is 0 Å². The zero-order valence-corrected chi connectivity index (χ0v) is 18.8. The van der Waals surface area contributed by atoms with Crippen molar-refractivity contribution in [3.63, 3.8) is 0 Å². The summed E-state index contributed by atoms with van der Waals surface area (Å²) in [6, 6.07) is 19.4. The van der Waals surface area contributed by atoms with E-state index in [9.17, 15) is 14.4 Å². The lowest BCUT2D eigenvalue weighted by atomic mass is 10.1. The molecular formula is C25H17Cl2NO5. The number of halogens is 2. The Bertz CT molecular complexity index is 1420. The third kappa shape index (κ3) is 5.08. The van der Waals surface area contributed by atoms with Crippen LogP contribution in [0.25, 0.3) is 11.0 Å². The third-order valence-electron chi connectivity index (χ3n) is 4.96. The summed E-state index contributed by atoms with van der Waals surface area (Å²) in [6.07, 6.45) is 0. The number of carbonyl (C=O) groups excluding carboxylic acids is 2. The molecule has 3 aromatic carbocycles. The summed E-state index contributed by atoms with van der Waals surface area (Å²) in [5, 5.41) is 3.83. The van der Waals surface area contributed by atoms with Gasteiger partial charge in [0.1, 0.15) is 16.9 Å². The molecule has 0 aliphatic heterocycles. The van der Waals surface area contributed by atoms with E-state index in [4.69, 9.17) is 32.4 Å². The van der Waals surface area contributed by atoms with Gasteiger partial charge in [0, 0.05) is 16.5 Å². The summed E-state index contributed by atoms with van der Waals surface area (Å²) in [5.74, 6) is -1.09. The van der Waals surface area contributed by atoms with Crippen LogP contribution in [0.5, 0.6) is 5.75 Å². The molecule has 0 aliphatic rings. The number of fused-ring (bicyclic) bond motifs is 1. The molecule has 33 heavy (non-hydrogen) atoms. The van der Waals surface area contributed by atoms with Crippen molar-refractivity contribution in [3.05, 3.63) is 110 Å². The predicted octanol–water partition coefficient (Wildman–Crippen LogP) is 5.81. The van der Waals surface area contributed by atoms with Crippen molar-refractivity contribution in [2.75, 3.05) is 0 Å². The monoisotopic (exact) mass is 481 g/mol. The lowest BCUT2D eigenvalue weighted by Gasteiger charge is -2.14. The zero-order chi connectivity index (χ0) is 23.5. The molecule has 1 N–H and O–H groups in total. The van der Waals surface area contributed by atoms with Crippen LogP contribution in [0.4, 0.5) is 0 Å². The Hall–Kier alpha value is -3.61. The molecule has 4 rings (SSSR count). The van der Waals surface area contributed by atoms with Crippen LogP contribution in [-0.4, -0.2) is 11.9 Å². The van der Waals surface area contributed by atoms with Gasteiger partial charge in [-0.15, -0.1) is 0 Å². The van der Waals surface area contributed by atoms with Crippen molar-refractivity contribution < 1.29 is 18.7 Å². The minimum Gasteiger partial charge on any atom is -0.423 e. The van der Waals surface area contributed by atoms with Crippen molar-refractivity contribution in [3.8, 4) is 5.75 Å². The number of rotatable bonds is 5. The standard InChI is InChI=1S/C25H17Cl2NO5/c1-14(15-5-3-2-4-6-15)28-23(29)20-11-16-7-9-18(13-22(16)33-25(20)31)32-24(30)19-10-8-17(26)12-21(19)27/h2-14H,1H3,(H,28,29). The third-order valence-corrected chi connectivity index (χ3v) is 5.51. The molecule has 6 nitrogen and oxygen atoms in total. The Morgan fingerprint density at radius 2 is 1.70 bits per heavy atom. The number of hydrogen-bond donors (Lipinski definition) is 1. The van der Waals surface area contributed by atoms with Crippen molar-refractivity contribution in [2.45, 2.75) is 13.0 Å². The van der Waals surface area contributed by atoms with Gasteiger partial charge in [0.25, 0.3) is 5.91 Å². The van der Waals surface area contributed by atoms with Crippen molar-refractivity contribution in [2.24, 2.45) is 0 Å². The molecule has 0 fully saturated rings. The van der Waals surface area contributed by atoms with Gasteiger partial charge >= 0.3 is 11.6 Å². The molecule has 1 atom stereocenters. The molecule has 1 aromatic heterocycles. The highest BCUT2D eigenvalue weighted by Crippen LogP contribution is 2.25. The summed E-state index contributed by atoms with van der Waals surface area (Å²) in [4.78, 5) is 37.5. The van der Waals surface area contributed by atoms with Gasteiger partial charge < -0.3 is 14.5 Å². The number of ether oxygens (including phenoxy) is 1. The number of amides is 1. The topological polar surface area (TPSA) is 85.6 Å². The van der Waals surface area contributed by atoms with Gasteiger partial charge in [0.15, 0.2) is 0 Å². The lowest BCUT2D eigenvalue weighted by Crippen LogP contribution is -2.30. The minimum absolute atomic E-state index is 0.122. The molecule has 166 valence electrons. The molecular weight excluding hydrogens is 465 g/mol. The Balaban J connectivity index is 1.55. The summed E-state index contributed by atoms with van der Waals surface area (Å²) in [5.41, 5.74) is 0.290. The van der Waals surface area contributed by atoms with E-state index in [2.05, 4.69) is 5.32 Å². The smallest absolute Gasteiger partial charge is 0.349 e. The van der Waals surface area contributed by atoms with E-state index >= 15 is 0 Å². The largest absolute Gasteiger partial charge is 0.423 e. The van der Waals surface area contributed by atoms with Crippen molar-refractivity contribution >= 4 is 46.0 Å². The Kier molecular flexibility index (Phi) is 6.49. The van der Waals surface area contributed by atoms with Gasteiger partial charge in [-0.2, -0.15) is 0 Å². The summed E-state index contributed by atoms with van der Waals surface area (Å²) in [7, 11) is 0. The number of benzene rings is 3. The fourth-order valence-corrected chi connectivity index (χ4v) is 3.72. The van der Waals surface area contributed by atoms with E-state index < -0.39 is 17.5 Å². The maximum Gasteiger partial charge on any atom is 0.349 e. The molecule has 0 spiro atoms. The second-order valence-corrected chi connectivity index (χ2v) is 8.11. The molecule has 1 heterocycles. The fraction of sp³-hybridized carbons (Fsp3) is 0.0800. The first-order valence-corrected chi connectivity index (χ1v) is 10.7. The molecule has 1 unspecified atom stereocenters. The first-order valence-electron chi connectivity index (χ1n) is 9.93. The van der Waals surface area contributed by atoms with Gasteiger partial charge in [-0.05, 0) is 48.9 Å². The van der Waals surface area contributed by atoms with Crippen LogP contribution in [0.2, 0.25) is 10.0 Å². The van der Waals surface area contributed by atoms with E-state index in [-0.39, 0.29) is 33.5 Å². The summed E-state index contributed by atoms with van der Waals surface area (Å²) in [6.45, 7) is 1.82. The Labute approximate surface area is 198 Å². The predicted molar refractivity (Wildman–Crippen MR) is 126 cm³/mol. The van der Waals surface area contributed by atoms with Gasteiger partial charge in [0.05, 0.1) is 16.6 Å². The van der Waals surface area contributed by atoms with E-state index in [0.717, 1.165) is 5.56 Å². The number of nitrogens with one attached hydrogen (secondary N) is 1. The first kappa shape index (κ1) is 22.6. The highest BCUT2D eigenvalue weighted by atomic mass is 35.5. The second kappa shape index (κ2) is 9.48. The van der Waals surface area contributed by atoms with Crippen LogP contribution in [0, 0.1) is 0 Å². The zero-order valence-electron chi connectivity index (χ0n) is 17.3. The van der Waals surface area contributed by atoms with E-state index in [1.54, 1.807) is 6.07 Å². The molecule has 8 heteroatoms. The fourth-order valence-electron chi connectivity index (χ4n) is 3.23. The van der Waals surface area contributed by atoms with E-state index in [0.29, 0.717) is 10.4 Å².